The first-order chi connectivity index (χ1) is 10.6. The van der Waals surface area contributed by atoms with Gasteiger partial charge < -0.3 is 25.2 Å². The van der Waals surface area contributed by atoms with Gasteiger partial charge in [0.25, 0.3) is 0 Å². The van der Waals surface area contributed by atoms with Crippen LogP contribution in [0.5, 0.6) is 11.5 Å². The maximum atomic E-state index is 11.1. The number of likely N-dealkylation sites (tertiary alicyclic amines) is 1. The molecule has 2 heterocycles. The van der Waals surface area contributed by atoms with Crippen molar-refractivity contribution < 1.29 is 19.4 Å². The van der Waals surface area contributed by atoms with Crippen LogP contribution in [0.1, 0.15) is 18.4 Å². The first-order valence-corrected chi connectivity index (χ1v) is 7.70. The van der Waals surface area contributed by atoms with Gasteiger partial charge in [0.1, 0.15) is 0 Å². The number of amides is 1. The number of hydrogen-bond donors (Lipinski definition) is 2. The molecule has 3 N–H and O–H groups in total. The highest BCUT2D eigenvalue weighted by Gasteiger charge is 2.24. The Morgan fingerprint density at radius 1 is 1.32 bits per heavy atom. The van der Waals surface area contributed by atoms with Gasteiger partial charge in [0.15, 0.2) is 11.5 Å². The van der Waals surface area contributed by atoms with Crippen molar-refractivity contribution in [1.29, 1.82) is 0 Å². The van der Waals surface area contributed by atoms with Crippen LogP contribution in [0, 0.1) is 5.92 Å². The Hall–Kier alpha value is -1.79. The first kappa shape index (κ1) is 15.1. The lowest BCUT2D eigenvalue weighted by atomic mass is 9.96. The molecule has 0 aromatic heterocycles. The zero-order chi connectivity index (χ0) is 15.5. The normalized spacial score (nSPS) is 20.0. The average molecular weight is 306 g/mol. The van der Waals surface area contributed by atoms with Gasteiger partial charge in [-0.1, -0.05) is 6.07 Å². The van der Waals surface area contributed by atoms with Crippen LogP contribution in [-0.2, 0) is 11.2 Å². The van der Waals surface area contributed by atoms with Crippen molar-refractivity contribution >= 4 is 5.91 Å². The minimum absolute atomic E-state index is 0.0118. The maximum absolute atomic E-state index is 11.1. The number of aliphatic hydroxyl groups excluding tert-OH is 1. The Balaban J connectivity index is 1.48. The molecule has 1 aromatic rings. The summed E-state index contributed by atoms with van der Waals surface area (Å²) in [6, 6.07) is 5.75. The molecule has 1 atom stereocenters. The monoisotopic (exact) mass is 306 g/mol. The van der Waals surface area contributed by atoms with E-state index in [9.17, 15) is 9.90 Å². The average Bonchev–Trinajstić information content (AvgIpc) is 2.95. The number of carbonyl (C=O) groups excluding carboxylic acids is 1. The van der Waals surface area contributed by atoms with E-state index >= 15 is 0 Å². The van der Waals surface area contributed by atoms with E-state index in [1.165, 1.54) is 0 Å². The molecule has 0 radical (unpaired) electrons. The van der Waals surface area contributed by atoms with E-state index in [4.69, 9.17) is 15.2 Å². The summed E-state index contributed by atoms with van der Waals surface area (Å²) < 4.78 is 10.6. The van der Waals surface area contributed by atoms with Gasteiger partial charge in [-0.05, 0) is 50.0 Å². The molecule has 2 aliphatic heterocycles. The van der Waals surface area contributed by atoms with Crippen LogP contribution in [0.4, 0.5) is 0 Å². The number of ether oxygens (including phenoxy) is 2. The van der Waals surface area contributed by atoms with Crippen molar-refractivity contribution in [3.05, 3.63) is 23.8 Å². The first-order valence-electron chi connectivity index (χ1n) is 7.70. The fraction of sp³-hybridized carbons (Fsp3) is 0.562. The zero-order valence-corrected chi connectivity index (χ0v) is 12.5. The molecule has 6 nitrogen and oxygen atoms in total. The summed E-state index contributed by atoms with van der Waals surface area (Å²) in [7, 11) is 0. The largest absolute Gasteiger partial charge is 0.454 e. The second-order valence-corrected chi connectivity index (χ2v) is 6.02. The molecule has 1 amide bonds. The number of piperidine rings is 1. The molecule has 0 spiro atoms. The molecule has 0 saturated carbocycles. The Bertz CT molecular complexity index is 541. The van der Waals surface area contributed by atoms with Gasteiger partial charge in [0.2, 0.25) is 12.7 Å². The SMILES string of the molecule is NC(=O)C1CCN(C[C@@H](O)Cc2ccc3c(c2)OCO3)CC1. The maximum Gasteiger partial charge on any atom is 0.231 e. The summed E-state index contributed by atoms with van der Waals surface area (Å²) in [5.41, 5.74) is 6.36. The van der Waals surface area contributed by atoms with Gasteiger partial charge in [-0.3, -0.25) is 4.79 Å². The third-order valence-electron chi connectivity index (χ3n) is 4.37. The van der Waals surface area contributed by atoms with Crippen LogP contribution >= 0.6 is 0 Å². The molecular weight excluding hydrogens is 284 g/mol. The zero-order valence-electron chi connectivity index (χ0n) is 12.5. The van der Waals surface area contributed by atoms with E-state index in [1.807, 2.05) is 18.2 Å². The van der Waals surface area contributed by atoms with E-state index < -0.39 is 6.10 Å². The molecule has 120 valence electrons. The van der Waals surface area contributed by atoms with E-state index in [0.717, 1.165) is 43.0 Å². The van der Waals surface area contributed by atoms with Crippen molar-refractivity contribution in [2.24, 2.45) is 11.7 Å². The van der Waals surface area contributed by atoms with E-state index in [-0.39, 0.29) is 18.6 Å². The fourth-order valence-corrected chi connectivity index (χ4v) is 3.10. The second kappa shape index (κ2) is 6.54. The number of nitrogens with zero attached hydrogens (tertiary/aromatic N) is 1. The number of primary amides is 1. The number of β-amino-alcohol motifs (C(OH)–C–C–N with tert-alkyl or cyclic N) is 1. The third kappa shape index (κ3) is 3.51. The van der Waals surface area contributed by atoms with Gasteiger partial charge >= 0.3 is 0 Å². The summed E-state index contributed by atoms with van der Waals surface area (Å²) >= 11 is 0. The topological polar surface area (TPSA) is 85.0 Å². The fourth-order valence-electron chi connectivity index (χ4n) is 3.10. The van der Waals surface area contributed by atoms with Crippen molar-refractivity contribution in [1.82, 2.24) is 4.90 Å². The van der Waals surface area contributed by atoms with Crippen LogP contribution in [-0.4, -0.2) is 48.4 Å². The lowest BCUT2D eigenvalue weighted by Crippen LogP contribution is -2.42. The van der Waals surface area contributed by atoms with Gasteiger partial charge in [-0.25, -0.2) is 0 Å². The third-order valence-corrected chi connectivity index (χ3v) is 4.37. The molecule has 1 fully saturated rings. The summed E-state index contributed by atoms with van der Waals surface area (Å²) in [4.78, 5) is 13.3. The van der Waals surface area contributed by atoms with Crippen LogP contribution in [0.2, 0.25) is 0 Å². The summed E-state index contributed by atoms with van der Waals surface area (Å²) in [6.07, 6.45) is 1.70. The summed E-state index contributed by atoms with van der Waals surface area (Å²) in [5.74, 6) is 1.28. The Morgan fingerprint density at radius 2 is 2.05 bits per heavy atom. The van der Waals surface area contributed by atoms with Gasteiger partial charge in [0.05, 0.1) is 6.10 Å². The number of hydrogen-bond acceptors (Lipinski definition) is 5. The predicted octanol–water partition coefficient (Wildman–Crippen LogP) is 0.516. The van der Waals surface area contributed by atoms with Crippen molar-refractivity contribution in [3.8, 4) is 11.5 Å². The van der Waals surface area contributed by atoms with E-state index in [1.54, 1.807) is 0 Å². The predicted molar refractivity (Wildman–Crippen MR) is 80.6 cm³/mol. The molecule has 0 bridgehead atoms. The molecule has 0 unspecified atom stereocenters. The quantitative estimate of drug-likeness (QED) is 0.828. The molecule has 2 aliphatic rings. The van der Waals surface area contributed by atoms with Gasteiger partial charge in [0, 0.05) is 12.5 Å². The van der Waals surface area contributed by atoms with Crippen molar-refractivity contribution in [2.75, 3.05) is 26.4 Å². The van der Waals surface area contributed by atoms with E-state index in [2.05, 4.69) is 4.90 Å². The highest BCUT2D eigenvalue weighted by molar-refractivity contribution is 5.76. The highest BCUT2D eigenvalue weighted by atomic mass is 16.7. The number of rotatable bonds is 5. The van der Waals surface area contributed by atoms with E-state index in [0.29, 0.717) is 13.0 Å². The highest BCUT2D eigenvalue weighted by Crippen LogP contribution is 2.32. The van der Waals surface area contributed by atoms with Gasteiger partial charge in [-0.15, -0.1) is 0 Å². The number of benzene rings is 1. The molecule has 1 aromatic carbocycles. The Morgan fingerprint density at radius 3 is 2.77 bits per heavy atom. The Kier molecular flexibility index (Phi) is 4.49. The molecular formula is C16H22N2O4. The molecule has 1 saturated heterocycles. The minimum atomic E-state index is -0.439. The number of aliphatic hydroxyl groups is 1. The van der Waals surface area contributed by atoms with Crippen molar-refractivity contribution in [3.63, 3.8) is 0 Å². The molecule has 6 heteroatoms. The second-order valence-electron chi connectivity index (χ2n) is 6.02. The smallest absolute Gasteiger partial charge is 0.231 e. The molecule has 22 heavy (non-hydrogen) atoms. The summed E-state index contributed by atoms with van der Waals surface area (Å²) in [5, 5.41) is 10.3. The van der Waals surface area contributed by atoms with Crippen LogP contribution in [0.3, 0.4) is 0 Å². The minimum Gasteiger partial charge on any atom is -0.454 e. The number of carbonyl (C=O) groups is 1. The summed E-state index contributed by atoms with van der Waals surface area (Å²) in [6.45, 7) is 2.49. The molecule has 0 aliphatic carbocycles. The van der Waals surface area contributed by atoms with Gasteiger partial charge in [-0.2, -0.15) is 0 Å². The van der Waals surface area contributed by atoms with Crippen LogP contribution < -0.4 is 15.2 Å². The van der Waals surface area contributed by atoms with Crippen molar-refractivity contribution in [2.45, 2.75) is 25.4 Å². The lowest BCUT2D eigenvalue weighted by molar-refractivity contribution is -0.123. The van der Waals surface area contributed by atoms with Crippen LogP contribution in [0.15, 0.2) is 18.2 Å². The number of fused-ring (bicyclic) bond motifs is 1. The lowest BCUT2D eigenvalue weighted by Gasteiger charge is -2.31. The Labute approximate surface area is 129 Å². The standard InChI is InChI=1S/C16H22N2O4/c17-16(20)12-3-5-18(6-4-12)9-13(19)7-11-1-2-14-15(8-11)22-10-21-14/h1-2,8,12-13,19H,3-7,9-10H2,(H2,17,20)/t13-/m0/s1. The number of nitrogens with two attached hydrogens (primary N) is 1. The van der Waals surface area contributed by atoms with Crippen LogP contribution in [0.25, 0.3) is 0 Å². The molecule has 3 rings (SSSR count).